The van der Waals surface area contributed by atoms with Crippen LogP contribution in [0.4, 0.5) is 27.9 Å². The number of hydrogen-bond donors (Lipinski definition) is 3. The monoisotopic (exact) mass is 824 g/mol. The summed E-state index contributed by atoms with van der Waals surface area (Å²) < 4.78 is 5.00. The number of nitrogens with zero attached hydrogens (tertiary/aromatic N) is 10. The number of benzene rings is 2. The van der Waals surface area contributed by atoms with E-state index in [1.165, 1.54) is 15.9 Å². The molecule has 0 radical (unpaired) electrons. The van der Waals surface area contributed by atoms with Crippen molar-refractivity contribution in [1.82, 2.24) is 44.3 Å². The van der Waals surface area contributed by atoms with Crippen LogP contribution >= 0.6 is 0 Å². The molecule has 61 heavy (non-hydrogen) atoms. The first-order chi connectivity index (χ1) is 29.4. The molecule has 3 N–H and O–H groups in total. The van der Waals surface area contributed by atoms with Crippen LogP contribution in [0.25, 0.3) is 27.8 Å². The molecule has 6 aromatic rings. The van der Waals surface area contributed by atoms with Crippen LogP contribution in [0.15, 0.2) is 84.3 Å². The van der Waals surface area contributed by atoms with Crippen molar-refractivity contribution in [2.45, 2.75) is 64.0 Å². The van der Waals surface area contributed by atoms with Crippen LogP contribution in [0.1, 0.15) is 63.1 Å². The minimum Gasteiger partial charge on any atom is -0.384 e. The molecule has 4 aromatic heterocycles. The Labute approximate surface area is 353 Å². The van der Waals surface area contributed by atoms with E-state index in [0.717, 1.165) is 75.0 Å². The van der Waals surface area contributed by atoms with Gasteiger partial charge in [-0.15, -0.1) is 6.58 Å². The molecule has 0 saturated carbocycles. The predicted octanol–water partition coefficient (Wildman–Crippen LogP) is 5.56. The SMILES string of the molecule is C=CCn1c(=O)c2cnc(Nc3ccc(C4CCN(CC5CCN(c6ccc7c(N8CCC(=O)NC8=O)nn(C)c7c6)CC5)CC4)cc3)nc2n1-c1cccc(C(C)(C)O)n1. The summed E-state index contributed by atoms with van der Waals surface area (Å²) >= 11 is 0. The van der Waals surface area contributed by atoms with E-state index in [4.69, 9.17) is 4.98 Å². The van der Waals surface area contributed by atoms with Crippen LogP contribution in [0, 0.1) is 5.92 Å². The highest BCUT2D eigenvalue weighted by molar-refractivity contribution is 6.09. The quantitative estimate of drug-likeness (QED) is 0.140. The molecule has 3 aliphatic heterocycles. The Morgan fingerprint density at radius 3 is 2.43 bits per heavy atom. The lowest BCUT2D eigenvalue weighted by molar-refractivity contribution is -0.120. The highest BCUT2D eigenvalue weighted by Gasteiger charge is 2.30. The number of piperidine rings is 2. The standard InChI is InChI=1S/C45H52N12O4/c1-5-20-56-42(59)35-27-46-43(50-40(35)57(56)38-8-6-7-37(48-38)45(2,3)61)47-32-11-9-30(10-12-32)31-17-21-53(22-18-31)28-29-15-23-54(24-16-29)33-13-14-34-36(26-33)52(4)51-41(34)55-25-19-39(58)49-44(55)60/h5-14,26-27,29,31,61H,1,15-25,28H2,2-4H3,(H,46,47,50)(H,49,58,60). The van der Waals surface area contributed by atoms with E-state index in [0.29, 0.717) is 52.7 Å². The van der Waals surface area contributed by atoms with Crippen molar-refractivity contribution in [3.63, 3.8) is 0 Å². The number of aryl methyl sites for hydroxylation is 1. The summed E-state index contributed by atoms with van der Waals surface area (Å²) in [6.07, 6.45) is 7.99. The summed E-state index contributed by atoms with van der Waals surface area (Å²) in [5.74, 6) is 2.31. The van der Waals surface area contributed by atoms with Gasteiger partial charge in [0.15, 0.2) is 17.3 Å². The van der Waals surface area contributed by atoms with Gasteiger partial charge in [0, 0.05) is 62.6 Å². The molecule has 3 saturated heterocycles. The molecule has 0 unspecified atom stereocenters. The third-order valence-corrected chi connectivity index (χ3v) is 12.4. The Balaban J connectivity index is 0.790. The number of allylic oxidation sites excluding steroid dienone is 1. The molecular weight excluding hydrogens is 773 g/mol. The van der Waals surface area contributed by atoms with Crippen molar-refractivity contribution in [2.75, 3.05) is 54.4 Å². The van der Waals surface area contributed by atoms with E-state index < -0.39 is 11.6 Å². The van der Waals surface area contributed by atoms with Crippen molar-refractivity contribution in [2.24, 2.45) is 13.0 Å². The molecule has 7 heterocycles. The van der Waals surface area contributed by atoms with Crippen molar-refractivity contribution in [3.05, 3.63) is 101 Å². The zero-order valence-electron chi connectivity index (χ0n) is 34.9. The average Bonchev–Trinajstić information content (AvgIpc) is 3.73. The summed E-state index contributed by atoms with van der Waals surface area (Å²) in [5, 5.41) is 22.3. The van der Waals surface area contributed by atoms with E-state index in [1.807, 2.05) is 11.7 Å². The Kier molecular flexibility index (Phi) is 10.7. The van der Waals surface area contributed by atoms with Crippen molar-refractivity contribution >= 4 is 57.0 Å². The zero-order valence-corrected chi connectivity index (χ0v) is 34.9. The summed E-state index contributed by atoms with van der Waals surface area (Å²) in [4.78, 5) is 58.2. The van der Waals surface area contributed by atoms with Crippen molar-refractivity contribution in [1.29, 1.82) is 0 Å². The van der Waals surface area contributed by atoms with Gasteiger partial charge < -0.3 is 20.2 Å². The molecule has 3 aliphatic rings. The van der Waals surface area contributed by atoms with Gasteiger partial charge in [0.2, 0.25) is 11.9 Å². The molecular formula is C45H52N12O4. The van der Waals surface area contributed by atoms with Crippen LogP contribution in [-0.4, -0.2) is 95.3 Å². The van der Waals surface area contributed by atoms with E-state index in [-0.39, 0.29) is 24.4 Å². The fourth-order valence-electron chi connectivity index (χ4n) is 9.04. The molecule has 3 fully saturated rings. The van der Waals surface area contributed by atoms with Gasteiger partial charge in [0.25, 0.3) is 5.56 Å². The number of aromatic nitrogens is 7. The normalized spacial score (nSPS) is 17.4. The maximum Gasteiger partial charge on any atom is 0.329 e. The van der Waals surface area contributed by atoms with E-state index in [9.17, 15) is 19.5 Å². The molecule has 316 valence electrons. The van der Waals surface area contributed by atoms with Gasteiger partial charge >= 0.3 is 6.03 Å². The second-order valence-electron chi connectivity index (χ2n) is 17.0. The molecule has 0 bridgehead atoms. The molecule has 0 spiro atoms. The predicted molar refractivity (Wildman–Crippen MR) is 236 cm³/mol. The number of anilines is 4. The lowest BCUT2D eigenvalue weighted by Crippen LogP contribution is -2.49. The number of imide groups is 1. The number of rotatable bonds is 11. The molecule has 0 atom stereocenters. The number of hydrogen-bond acceptors (Lipinski definition) is 11. The lowest BCUT2D eigenvalue weighted by atomic mass is 9.88. The van der Waals surface area contributed by atoms with Crippen LogP contribution in [0.3, 0.4) is 0 Å². The third kappa shape index (κ3) is 8.00. The Morgan fingerprint density at radius 2 is 1.70 bits per heavy atom. The van der Waals surface area contributed by atoms with Crippen LogP contribution in [0.5, 0.6) is 0 Å². The zero-order chi connectivity index (χ0) is 42.4. The van der Waals surface area contributed by atoms with Gasteiger partial charge in [-0.05, 0) is 112 Å². The fourth-order valence-corrected chi connectivity index (χ4v) is 9.04. The second-order valence-corrected chi connectivity index (χ2v) is 17.0. The van der Waals surface area contributed by atoms with E-state index in [1.54, 1.807) is 53.9 Å². The van der Waals surface area contributed by atoms with Crippen molar-refractivity contribution in [3.8, 4) is 5.82 Å². The number of amides is 3. The van der Waals surface area contributed by atoms with Gasteiger partial charge in [-0.25, -0.2) is 24.1 Å². The first-order valence-corrected chi connectivity index (χ1v) is 21.2. The van der Waals surface area contributed by atoms with Crippen molar-refractivity contribution < 1.29 is 14.7 Å². The molecule has 16 heteroatoms. The number of aliphatic hydroxyl groups is 1. The first-order valence-electron chi connectivity index (χ1n) is 21.2. The average molecular weight is 825 g/mol. The van der Waals surface area contributed by atoms with E-state index >= 15 is 0 Å². The number of pyridine rings is 1. The minimum absolute atomic E-state index is 0.246. The third-order valence-electron chi connectivity index (χ3n) is 12.4. The Hall–Kier alpha value is -6.39. The summed E-state index contributed by atoms with van der Waals surface area (Å²) in [6.45, 7) is 13.1. The molecule has 16 nitrogen and oxygen atoms in total. The number of urea groups is 1. The number of carbonyl (C=O) groups excluding carboxylic acids is 2. The highest BCUT2D eigenvalue weighted by atomic mass is 16.3. The maximum atomic E-state index is 13.4. The number of likely N-dealkylation sites (tertiary alicyclic amines) is 1. The lowest BCUT2D eigenvalue weighted by Gasteiger charge is -2.38. The topological polar surface area (TPSA) is 172 Å². The Morgan fingerprint density at radius 1 is 0.934 bits per heavy atom. The van der Waals surface area contributed by atoms with Crippen LogP contribution in [0.2, 0.25) is 0 Å². The van der Waals surface area contributed by atoms with E-state index in [2.05, 4.69) is 84.5 Å². The first kappa shape index (κ1) is 40.0. The summed E-state index contributed by atoms with van der Waals surface area (Å²) in [6, 6.07) is 19.8. The minimum atomic E-state index is -1.16. The number of fused-ring (bicyclic) bond motifs is 2. The van der Waals surface area contributed by atoms with Gasteiger partial charge in [-0.1, -0.05) is 24.3 Å². The Bertz CT molecular complexity index is 2680. The number of nitrogens with one attached hydrogen (secondary N) is 2. The molecule has 2 aromatic carbocycles. The molecule has 3 amide bonds. The summed E-state index contributed by atoms with van der Waals surface area (Å²) in [7, 11) is 1.90. The summed E-state index contributed by atoms with van der Waals surface area (Å²) in [5.41, 5.74) is 3.78. The van der Waals surface area contributed by atoms with Crippen LogP contribution in [-0.2, 0) is 24.0 Å². The second kappa shape index (κ2) is 16.2. The maximum absolute atomic E-state index is 13.4. The largest absolute Gasteiger partial charge is 0.384 e. The van der Waals surface area contributed by atoms with Crippen LogP contribution < -0.4 is 26.0 Å². The molecule has 0 aliphatic carbocycles. The van der Waals surface area contributed by atoms with Gasteiger partial charge in [0.1, 0.15) is 11.0 Å². The van der Waals surface area contributed by atoms with Gasteiger partial charge in [-0.2, -0.15) is 10.1 Å². The highest BCUT2D eigenvalue weighted by Crippen LogP contribution is 2.34. The number of carbonyl (C=O) groups is 2. The van der Waals surface area contributed by atoms with Gasteiger partial charge in [0.05, 0.1) is 17.8 Å². The molecule has 9 rings (SSSR count). The smallest absolute Gasteiger partial charge is 0.329 e. The fraction of sp³-hybridized carbons (Fsp3) is 0.400. The van der Waals surface area contributed by atoms with Gasteiger partial charge in [-0.3, -0.25) is 24.5 Å².